The maximum atomic E-state index is 10.0. The van der Waals surface area contributed by atoms with Gasteiger partial charge in [-0.15, -0.1) is 0 Å². The highest BCUT2D eigenvalue weighted by Gasteiger charge is 2.23. The number of aliphatic hydroxyl groups is 1. The monoisotopic (exact) mass is 207 g/mol. The number of ether oxygens (including phenoxy) is 1. The first kappa shape index (κ1) is 10.5. The quantitative estimate of drug-likeness (QED) is 0.684. The van der Waals surface area contributed by atoms with Crippen molar-refractivity contribution in [3.05, 3.63) is 29.3 Å². The van der Waals surface area contributed by atoms with Crippen LogP contribution in [0.2, 0.25) is 0 Å². The minimum Gasteiger partial charge on any atom is -0.497 e. The predicted octanol–water partition coefficient (Wildman–Crippen LogP) is 1.39. The van der Waals surface area contributed by atoms with Crippen LogP contribution in [0.1, 0.15) is 30.1 Å². The largest absolute Gasteiger partial charge is 0.497 e. The molecular formula is C12H17NO2. The van der Waals surface area contributed by atoms with Crippen LogP contribution in [0.25, 0.3) is 0 Å². The standard InChI is InChI=1S/C12H17NO2/c1-15-9-6-5-8-3-2-4-11(13)12(14)10(8)7-9/h5-7,11-12,14H,2-4,13H2,1H3/t11-,12+/m0/s1. The van der Waals surface area contributed by atoms with Gasteiger partial charge in [-0.05, 0) is 42.5 Å². The van der Waals surface area contributed by atoms with E-state index in [0.717, 1.165) is 30.6 Å². The number of fused-ring (bicyclic) bond motifs is 1. The van der Waals surface area contributed by atoms with Gasteiger partial charge in [0.2, 0.25) is 0 Å². The van der Waals surface area contributed by atoms with Crippen LogP contribution < -0.4 is 10.5 Å². The Hall–Kier alpha value is -1.06. The number of hydrogen-bond acceptors (Lipinski definition) is 3. The van der Waals surface area contributed by atoms with Crippen molar-refractivity contribution in [1.29, 1.82) is 0 Å². The SMILES string of the molecule is COc1ccc2c(c1)[C@@H](O)[C@@H](N)CCC2. The van der Waals surface area contributed by atoms with E-state index in [0.29, 0.717) is 0 Å². The lowest BCUT2D eigenvalue weighted by Gasteiger charge is -2.18. The lowest BCUT2D eigenvalue weighted by atomic mass is 9.99. The summed E-state index contributed by atoms with van der Waals surface area (Å²) >= 11 is 0. The van der Waals surface area contributed by atoms with Crippen molar-refractivity contribution in [2.45, 2.75) is 31.4 Å². The van der Waals surface area contributed by atoms with Gasteiger partial charge in [0.1, 0.15) is 5.75 Å². The topological polar surface area (TPSA) is 55.5 Å². The molecule has 1 aromatic carbocycles. The van der Waals surface area contributed by atoms with E-state index in [9.17, 15) is 5.11 Å². The second kappa shape index (κ2) is 4.21. The van der Waals surface area contributed by atoms with Crippen molar-refractivity contribution in [2.24, 2.45) is 5.73 Å². The van der Waals surface area contributed by atoms with E-state index in [1.165, 1.54) is 5.56 Å². The first-order chi connectivity index (χ1) is 7.22. The third-order valence-corrected chi connectivity index (χ3v) is 3.06. The Morgan fingerprint density at radius 1 is 1.47 bits per heavy atom. The van der Waals surface area contributed by atoms with Gasteiger partial charge in [-0.3, -0.25) is 0 Å². The molecule has 0 unspecified atom stereocenters. The number of hydrogen-bond donors (Lipinski definition) is 2. The van der Waals surface area contributed by atoms with Crippen LogP contribution in [0.5, 0.6) is 5.75 Å². The Balaban J connectivity index is 2.41. The van der Waals surface area contributed by atoms with E-state index in [1.807, 2.05) is 18.2 Å². The Bertz CT molecular complexity index is 351. The second-order valence-electron chi connectivity index (χ2n) is 4.07. The summed E-state index contributed by atoms with van der Waals surface area (Å²) in [5, 5.41) is 10.0. The maximum absolute atomic E-state index is 10.0. The summed E-state index contributed by atoms with van der Waals surface area (Å²) in [6.45, 7) is 0. The molecule has 0 radical (unpaired) electrons. The molecule has 82 valence electrons. The lowest BCUT2D eigenvalue weighted by Crippen LogP contribution is -2.27. The molecule has 3 nitrogen and oxygen atoms in total. The number of nitrogens with two attached hydrogens (primary N) is 1. The molecule has 1 aliphatic carbocycles. The van der Waals surface area contributed by atoms with Gasteiger partial charge in [0.05, 0.1) is 13.2 Å². The molecular weight excluding hydrogens is 190 g/mol. The smallest absolute Gasteiger partial charge is 0.119 e. The Morgan fingerprint density at radius 3 is 3.00 bits per heavy atom. The second-order valence-corrected chi connectivity index (χ2v) is 4.07. The van der Waals surface area contributed by atoms with Crippen LogP contribution in [0.15, 0.2) is 18.2 Å². The summed E-state index contributed by atoms with van der Waals surface area (Å²) in [7, 11) is 1.63. The number of methoxy groups -OCH3 is 1. The number of rotatable bonds is 1. The minimum absolute atomic E-state index is 0.154. The van der Waals surface area contributed by atoms with Crippen molar-refractivity contribution in [3.8, 4) is 5.75 Å². The molecule has 0 fully saturated rings. The predicted molar refractivity (Wildman–Crippen MR) is 58.9 cm³/mol. The number of aryl methyl sites for hydroxylation is 1. The molecule has 0 bridgehead atoms. The minimum atomic E-state index is -0.558. The molecule has 0 aromatic heterocycles. The van der Waals surface area contributed by atoms with Gasteiger partial charge in [-0.2, -0.15) is 0 Å². The van der Waals surface area contributed by atoms with Crippen molar-refractivity contribution in [1.82, 2.24) is 0 Å². The van der Waals surface area contributed by atoms with Crippen molar-refractivity contribution in [2.75, 3.05) is 7.11 Å². The van der Waals surface area contributed by atoms with E-state index in [4.69, 9.17) is 10.5 Å². The zero-order valence-electron chi connectivity index (χ0n) is 8.94. The van der Waals surface area contributed by atoms with E-state index < -0.39 is 6.10 Å². The third kappa shape index (κ3) is 1.98. The molecule has 0 heterocycles. The molecule has 3 N–H and O–H groups in total. The maximum Gasteiger partial charge on any atom is 0.119 e. The molecule has 0 saturated heterocycles. The highest BCUT2D eigenvalue weighted by Crippen LogP contribution is 2.30. The summed E-state index contributed by atoms with van der Waals surface area (Å²) in [6.07, 6.45) is 2.34. The molecule has 0 spiro atoms. The summed E-state index contributed by atoms with van der Waals surface area (Å²) in [5.41, 5.74) is 8.01. The molecule has 1 aromatic rings. The molecule has 0 saturated carbocycles. The Morgan fingerprint density at radius 2 is 2.27 bits per heavy atom. The highest BCUT2D eigenvalue weighted by molar-refractivity contribution is 5.38. The van der Waals surface area contributed by atoms with E-state index >= 15 is 0 Å². The van der Waals surface area contributed by atoms with Gasteiger partial charge in [0.25, 0.3) is 0 Å². The van der Waals surface area contributed by atoms with Gasteiger partial charge in [-0.1, -0.05) is 6.07 Å². The molecule has 3 heteroatoms. The first-order valence-electron chi connectivity index (χ1n) is 5.33. The van der Waals surface area contributed by atoms with Crippen LogP contribution in [0, 0.1) is 0 Å². The molecule has 0 amide bonds. The van der Waals surface area contributed by atoms with Crippen molar-refractivity contribution >= 4 is 0 Å². The number of benzene rings is 1. The Kier molecular flexibility index (Phi) is 2.93. The molecule has 0 aliphatic heterocycles. The normalized spacial score (nSPS) is 25.5. The molecule has 2 rings (SSSR count). The first-order valence-corrected chi connectivity index (χ1v) is 5.33. The van der Waals surface area contributed by atoms with E-state index in [-0.39, 0.29) is 6.04 Å². The van der Waals surface area contributed by atoms with Gasteiger partial charge in [0.15, 0.2) is 0 Å². The van der Waals surface area contributed by atoms with E-state index in [1.54, 1.807) is 7.11 Å². The summed E-state index contributed by atoms with van der Waals surface area (Å²) in [6, 6.07) is 5.70. The van der Waals surface area contributed by atoms with Gasteiger partial charge < -0.3 is 15.6 Å². The fourth-order valence-electron chi connectivity index (χ4n) is 2.12. The molecule has 2 atom stereocenters. The fourth-order valence-corrected chi connectivity index (χ4v) is 2.12. The Labute approximate surface area is 89.9 Å². The van der Waals surface area contributed by atoms with Gasteiger partial charge >= 0.3 is 0 Å². The zero-order chi connectivity index (χ0) is 10.8. The van der Waals surface area contributed by atoms with Crippen LogP contribution in [0.3, 0.4) is 0 Å². The van der Waals surface area contributed by atoms with Crippen molar-refractivity contribution in [3.63, 3.8) is 0 Å². The van der Waals surface area contributed by atoms with E-state index in [2.05, 4.69) is 0 Å². The van der Waals surface area contributed by atoms with Crippen LogP contribution in [-0.4, -0.2) is 18.3 Å². The average molecular weight is 207 g/mol. The van der Waals surface area contributed by atoms with Crippen molar-refractivity contribution < 1.29 is 9.84 Å². The highest BCUT2D eigenvalue weighted by atomic mass is 16.5. The molecule has 1 aliphatic rings. The lowest BCUT2D eigenvalue weighted by molar-refractivity contribution is 0.144. The van der Waals surface area contributed by atoms with Crippen LogP contribution in [0.4, 0.5) is 0 Å². The average Bonchev–Trinajstić information content (AvgIpc) is 2.40. The number of aliphatic hydroxyl groups excluding tert-OH is 1. The summed E-state index contributed by atoms with van der Waals surface area (Å²) in [4.78, 5) is 0. The van der Waals surface area contributed by atoms with Crippen LogP contribution in [-0.2, 0) is 6.42 Å². The summed E-state index contributed by atoms with van der Waals surface area (Å²) in [5.74, 6) is 0.780. The van der Waals surface area contributed by atoms with Crippen LogP contribution >= 0.6 is 0 Å². The zero-order valence-corrected chi connectivity index (χ0v) is 8.94. The fraction of sp³-hybridized carbons (Fsp3) is 0.500. The van der Waals surface area contributed by atoms with Gasteiger partial charge in [-0.25, -0.2) is 0 Å². The van der Waals surface area contributed by atoms with Gasteiger partial charge in [0, 0.05) is 6.04 Å². The summed E-state index contributed by atoms with van der Waals surface area (Å²) < 4.78 is 5.15. The molecule has 15 heavy (non-hydrogen) atoms. The third-order valence-electron chi connectivity index (χ3n) is 3.06.